The summed E-state index contributed by atoms with van der Waals surface area (Å²) >= 11 is 6.25. The van der Waals surface area contributed by atoms with E-state index in [2.05, 4.69) is 5.32 Å². The molecule has 0 atom stereocenters. The first-order valence-electron chi connectivity index (χ1n) is 7.67. The van der Waals surface area contributed by atoms with E-state index in [0.29, 0.717) is 11.3 Å². The van der Waals surface area contributed by atoms with Gasteiger partial charge in [-0.05, 0) is 43.2 Å². The first kappa shape index (κ1) is 19.8. The van der Waals surface area contributed by atoms with Crippen molar-refractivity contribution in [2.45, 2.75) is 13.8 Å². The van der Waals surface area contributed by atoms with E-state index >= 15 is 0 Å². The van der Waals surface area contributed by atoms with Crippen LogP contribution in [0.4, 0.5) is 11.4 Å². The van der Waals surface area contributed by atoms with Crippen molar-refractivity contribution in [1.82, 2.24) is 0 Å². The highest BCUT2D eigenvalue weighted by Crippen LogP contribution is 2.32. The Morgan fingerprint density at radius 1 is 1.27 bits per heavy atom. The highest BCUT2D eigenvalue weighted by Gasteiger charge is 2.25. The van der Waals surface area contributed by atoms with E-state index in [4.69, 9.17) is 16.9 Å². The number of nitriles is 1. The maximum Gasteiger partial charge on any atom is 0.245 e. The molecular formula is C18H18ClN3O3S. The molecule has 0 spiro atoms. The first-order valence-corrected chi connectivity index (χ1v) is 9.89. The molecule has 2 rings (SSSR count). The van der Waals surface area contributed by atoms with Gasteiger partial charge < -0.3 is 5.32 Å². The number of hydrogen-bond acceptors (Lipinski definition) is 4. The number of nitrogens with zero attached hydrogens (tertiary/aromatic N) is 2. The van der Waals surface area contributed by atoms with Crippen LogP contribution in [0, 0.1) is 25.2 Å². The van der Waals surface area contributed by atoms with Crippen molar-refractivity contribution in [2.24, 2.45) is 0 Å². The highest BCUT2D eigenvalue weighted by atomic mass is 35.5. The summed E-state index contributed by atoms with van der Waals surface area (Å²) in [5, 5.41) is 11.9. The standard InChI is InChI=1S/C18H18ClN3O3S/c1-12-8-13(2)18(15(19)9-12)22(26(3,24)25)11-17(23)21-16-7-5-4-6-14(16)10-20/h4-9H,11H2,1-3H3,(H,21,23). The maximum absolute atomic E-state index is 12.4. The van der Waals surface area contributed by atoms with Crippen LogP contribution >= 0.6 is 11.6 Å². The van der Waals surface area contributed by atoms with Gasteiger partial charge in [0, 0.05) is 0 Å². The van der Waals surface area contributed by atoms with E-state index in [1.807, 2.05) is 13.0 Å². The Hall–Kier alpha value is -2.56. The van der Waals surface area contributed by atoms with Crippen LogP contribution in [0.25, 0.3) is 0 Å². The van der Waals surface area contributed by atoms with E-state index in [1.54, 1.807) is 43.3 Å². The quantitative estimate of drug-likeness (QED) is 0.847. The van der Waals surface area contributed by atoms with Crippen LogP contribution in [-0.4, -0.2) is 27.1 Å². The van der Waals surface area contributed by atoms with Crippen molar-refractivity contribution in [3.63, 3.8) is 0 Å². The average molecular weight is 392 g/mol. The third-order valence-corrected chi connectivity index (χ3v) is 5.06. The van der Waals surface area contributed by atoms with Crippen LogP contribution in [0.1, 0.15) is 16.7 Å². The number of para-hydroxylation sites is 1. The van der Waals surface area contributed by atoms with Crippen LogP contribution in [0.3, 0.4) is 0 Å². The lowest BCUT2D eigenvalue weighted by Gasteiger charge is -2.25. The number of amides is 1. The molecule has 0 heterocycles. The minimum Gasteiger partial charge on any atom is -0.323 e. The number of rotatable bonds is 5. The van der Waals surface area contributed by atoms with Gasteiger partial charge in [0.05, 0.1) is 28.2 Å². The zero-order chi connectivity index (χ0) is 19.5. The lowest BCUT2D eigenvalue weighted by molar-refractivity contribution is -0.114. The fourth-order valence-corrected chi connectivity index (χ4v) is 3.99. The second-order valence-corrected chi connectivity index (χ2v) is 8.20. The molecule has 1 N–H and O–H groups in total. The Labute approximate surface area is 158 Å². The van der Waals surface area contributed by atoms with Gasteiger partial charge in [-0.15, -0.1) is 0 Å². The molecule has 0 saturated heterocycles. The largest absolute Gasteiger partial charge is 0.323 e. The van der Waals surface area contributed by atoms with Gasteiger partial charge in [-0.3, -0.25) is 9.10 Å². The second kappa shape index (κ2) is 7.77. The van der Waals surface area contributed by atoms with Crippen molar-refractivity contribution in [3.05, 3.63) is 58.1 Å². The number of nitrogens with one attached hydrogen (secondary N) is 1. The summed E-state index contributed by atoms with van der Waals surface area (Å²) < 4.78 is 25.5. The monoisotopic (exact) mass is 391 g/mol. The number of anilines is 2. The van der Waals surface area contributed by atoms with E-state index < -0.39 is 22.5 Å². The third-order valence-electron chi connectivity index (χ3n) is 3.66. The second-order valence-electron chi connectivity index (χ2n) is 5.89. The van der Waals surface area contributed by atoms with Crippen molar-refractivity contribution >= 4 is 38.9 Å². The lowest BCUT2D eigenvalue weighted by atomic mass is 10.1. The fourth-order valence-electron chi connectivity index (χ4n) is 2.60. The fraction of sp³-hybridized carbons (Fsp3) is 0.222. The van der Waals surface area contributed by atoms with E-state index in [-0.39, 0.29) is 16.3 Å². The average Bonchev–Trinajstić information content (AvgIpc) is 2.52. The molecule has 0 aliphatic carbocycles. The van der Waals surface area contributed by atoms with Crippen LogP contribution in [-0.2, 0) is 14.8 Å². The third kappa shape index (κ3) is 4.54. The zero-order valence-corrected chi connectivity index (χ0v) is 16.1. The molecule has 0 aliphatic heterocycles. The SMILES string of the molecule is Cc1cc(C)c(N(CC(=O)Nc2ccccc2C#N)S(C)(=O)=O)c(Cl)c1. The van der Waals surface area contributed by atoms with Crippen LogP contribution in [0.2, 0.25) is 5.02 Å². The summed E-state index contributed by atoms with van der Waals surface area (Å²) in [5.41, 5.74) is 2.41. The number of carbonyl (C=O) groups excluding carboxylic acids is 1. The van der Waals surface area contributed by atoms with Crippen LogP contribution in [0.5, 0.6) is 0 Å². The molecule has 0 unspecified atom stereocenters. The summed E-state index contributed by atoms with van der Waals surface area (Å²) in [6.45, 7) is 3.12. The molecule has 26 heavy (non-hydrogen) atoms. The molecular weight excluding hydrogens is 374 g/mol. The van der Waals surface area contributed by atoms with Crippen molar-refractivity contribution in [2.75, 3.05) is 22.4 Å². The van der Waals surface area contributed by atoms with Crippen molar-refractivity contribution in [3.8, 4) is 6.07 Å². The molecule has 0 aromatic heterocycles. The number of benzene rings is 2. The number of halogens is 1. The molecule has 2 aromatic carbocycles. The van der Waals surface area contributed by atoms with Gasteiger partial charge in [0.1, 0.15) is 12.6 Å². The predicted molar refractivity (Wildman–Crippen MR) is 103 cm³/mol. The molecule has 6 nitrogen and oxygen atoms in total. The van der Waals surface area contributed by atoms with Gasteiger partial charge in [-0.1, -0.05) is 29.8 Å². The summed E-state index contributed by atoms with van der Waals surface area (Å²) in [4.78, 5) is 12.4. The Kier molecular flexibility index (Phi) is 5.90. The molecule has 0 bridgehead atoms. The first-order chi connectivity index (χ1) is 12.1. The van der Waals surface area contributed by atoms with Crippen molar-refractivity contribution in [1.29, 1.82) is 5.26 Å². The van der Waals surface area contributed by atoms with E-state index in [9.17, 15) is 13.2 Å². The minimum absolute atomic E-state index is 0.248. The summed E-state index contributed by atoms with van der Waals surface area (Å²) in [6, 6.07) is 11.9. The van der Waals surface area contributed by atoms with Gasteiger partial charge >= 0.3 is 0 Å². The highest BCUT2D eigenvalue weighted by molar-refractivity contribution is 7.92. The number of carbonyl (C=O) groups is 1. The molecule has 0 saturated carbocycles. The van der Waals surface area contributed by atoms with Gasteiger partial charge in [0.25, 0.3) is 0 Å². The molecule has 0 fully saturated rings. The summed E-state index contributed by atoms with van der Waals surface area (Å²) in [6.07, 6.45) is 1.01. The van der Waals surface area contributed by atoms with Crippen molar-refractivity contribution < 1.29 is 13.2 Å². The Bertz CT molecular complexity index is 974. The molecule has 1 amide bonds. The molecule has 136 valence electrons. The molecule has 2 aromatic rings. The molecule has 0 radical (unpaired) electrons. The maximum atomic E-state index is 12.4. The summed E-state index contributed by atoms with van der Waals surface area (Å²) in [5.74, 6) is -0.575. The van der Waals surface area contributed by atoms with Gasteiger partial charge in [0.2, 0.25) is 15.9 Å². The van der Waals surface area contributed by atoms with Crippen LogP contribution in [0.15, 0.2) is 36.4 Å². The molecule has 8 heteroatoms. The van der Waals surface area contributed by atoms with E-state index in [1.165, 1.54) is 0 Å². The molecule has 0 aliphatic rings. The Morgan fingerprint density at radius 2 is 1.92 bits per heavy atom. The normalized spacial score (nSPS) is 10.9. The van der Waals surface area contributed by atoms with Gasteiger partial charge in [-0.2, -0.15) is 5.26 Å². The van der Waals surface area contributed by atoms with E-state index in [0.717, 1.165) is 16.1 Å². The minimum atomic E-state index is -3.76. The number of sulfonamides is 1. The Morgan fingerprint density at radius 3 is 2.50 bits per heavy atom. The summed E-state index contributed by atoms with van der Waals surface area (Å²) in [7, 11) is -3.76. The lowest BCUT2D eigenvalue weighted by Crippen LogP contribution is -2.38. The predicted octanol–water partition coefficient (Wildman–Crippen LogP) is 3.23. The van der Waals surface area contributed by atoms with Gasteiger partial charge in [-0.25, -0.2) is 8.42 Å². The smallest absolute Gasteiger partial charge is 0.245 e. The van der Waals surface area contributed by atoms with Crippen LogP contribution < -0.4 is 9.62 Å². The zero-order valence-electron chi connectivity index (χ0n) is 14.6. The number of hydrogen-bond donors (Lipinski definition) is 1. The number of aryl methyl sites for hydroxylation is 2. The van der Waals surface area contributed by atoms with Gasteiger partial charge in [0.15, 0.2) is 0 Å². The Balaban J connectivity index is 2.36. The topological polar surface area (TPSA) is 90.3 Å².